The van der Waals surface area contributed by atoms with Crippen molar-refractivity contribution in [2.75, 3.05) is 6.61 Å². The summed E-state index contributed by atoms with van der Waals surface area (Å²) >= 11 is 3.40. The van der Waals surface area contributed by atoms with Gasteiger partial charge in [0.2, 0.25) is 0 Å². The average molecular weight is 384 g/mol. The van der Waals surface area contributed by atoms with Gasteiger partial charge in [0, 0.05) is 10.5 Å². The van der Waals surface area contributed by atoms with Gasteiger partial charge < -0.3 is 10.1 Å². The van der Waals surface area contributed by atoms with Crippen LogP contribution in [0.4, 0.5) is 4.79 Å². The van der Waals surface area contributed by atoms with E-state index >= 15 is 0 Å². The van der Waals surface area contributed by atoms with Crippen LogP contribution in [0.25, 0.3) is 0 Å². The van der Waals surface area contributed by atoms with Crippen LogP contribution < -0.4 is 20.9 Å². The summed E-state index contributed by atoms with van der Waals surface area (Å²) in [7, 11) is 0. The van der Waals surface area contributed by atoms with Gasteiger partial charge in [0.25, 0.3) is 5.91 Å². The Labute approximate surface area is 144 Å². The molecule has 1 aliphatic carbocycles. The summed E-state index contributed by atoms with van der Waals surface area (Å²) in [5, 5.41) is 2.85. The summed E-state index contributed by atoms with van der Waals surface area (Å²) in [6.45, 7) is 1.78. The molecule has 1 aliphatic rings. The fraction of sp³-hybridized carbons (Fsp3) is 0.500. The Morgan fingerprint density at radius 3 is 2.65 bits per heavy atom. The second-order valence-electron chi connectivity index (χ2n) is 5.68. The Bertz CT molecular complexity index is 560. The van der Waals surface area contributed by atoms with Crippen LogP contribution in [0.15, 0.2) is 22.7 Å². The molecule has 126 valence electrons. The number of hydrazine groups is 1. The van der Waals surface area contributed by atoms with E-state index in [1.165, 1.54) is 6.42 Å². The van der Waals surface area contributed by atoms with E-state index in [0.717, 1.165) is 35.7 Å². The molecule has 1 aromatic carbocycles. The lowest BCUT2D eigenvalue weighted by Gasteiger charge is -2.22. The Hall–Kier alpha value is -1.76. The van der Waals surface area contributed by atoms with E-state index < -0.39 is 5.91 Å². The molecule has 1 fully saturated rings. The lowest BCUT2D eigenvalue weighted by Crippen LogP contribution is -2.51. The quantitative estimate of drug-likeness (QED) is 0.699. The average Bonchev–Trinajstić information content (AvgIpc) is 2.55. The standard InChI is InChI=1S/C16H22BrN3O3/c1-11-9-13(7-8-14(11)17)23-10-15(21)19-20-16(22)18-12-5-3-2-4-6-12/h7-9,12H,2-6,10H2,1H3,(H,19,21)(H2,18,20,22). The number of benzene rings is 1. The van der Waals surface area contributed by atoms with Gasteiger partial charge in [-0.25, -0.2) is 10.2 Å². The number of carbonyl (C=O) groups is 2. The Balaban J connectivity index is 1.66. The number of hydrogen-bond acceptors (Lipinski definition) is 3. The molecule has 0 aromatic heterocycles. The predicted molar refractivity (Wildman–Crippen MR) is 91.1 cm³/mol. The summed E-state index contributed by atoms with van der Waals surface area (Å²) in [6.07, 6.45) is 5.49. The van der Waals surface area contributed by atoms with Crippen LogP contribution in [0, 0.1) is 6.92 Å². The molecule has 1 saturated carbocycles. The van der Waals surface area contributed by atoms with Crippen LogP contribution in [-0.2, 0) is 4.79 Å². The Morgan fingerprint density at radius 2 is 1.96 bits per heavy atom. The highest BCUT2D eigenvalue weighted by Gasteiger charge is 2.15. The molecule has 7 heteroatoms. The van der Waals surface area contributed by atoms with Crippen molar-refractivity contribution in [3.63, 3.8) is 0 Å². The molecule has 0 unspecified atom stereocenters. The molecule has 0 heterocycles. The molecule has 3 N–H and O–H groups in total. The third-order valence-electron chi connectivity index (χ3n) is 3.76. The van der Waals surface area contributed by atoms with Gasteiger partial charge in [-0.15, -0.1) is 0 Å². The zero-order chi connectivity index (χ0) is 16.7. The third-order valence-corrected chi connectivity index (χ3v) is 4.64. The highest BCUT2D eigenvalue weighted by Crippen LogP contribution is 2.21. The van der Waals surface area contributed by atoms with Crippen LogP contribution in [0.3, 0.4) is 0 Å². The number of nitrogens with one attached hydrogen (secondary N) is 3. The first-order valence-corrected chi connectivity index (χ1v) is 8.58. The minimum atomic E-state index is -0.413. The monoisotopic (exact) mass is 383 g/mol. The van der Waals surface area contributed by atoms with Gasteiger partial charge in [-0.3, -0.25) is 10.2 Å². The molecular formula is C16H22BrN3O3. The van der Waals surface area contributed by atoms with Crippen LogP contribution in [0.5, 0.6) is 5.75 Å². The number of ether oxygens (including phenoxy) is 1. The highest BCUT2D eigenvalue weighted by atomic mass is 79.9. The summed E-state index contributed by atoms with van der Waals surface area (Å²) in [4.78, 5) is 23.4. The minimum Gasteiger partial charge on any atom is -0.484 e. The first-order valence-electron chi connectivity index (χ1n) is 7.79. The minimum absolute atomic E-state index is 0.162. The molecular weight excluding hydrogens is 362 g/mol. The Kier molecular flexibility index (Phi) is 6.70. The molecule has 3 amide bonds. The van der Waals surface area contributed by atoms with Crippen LogP contribution in [0.1, 0.15) is 37.7 Å². The number of hydrogen-bond donors (Lipinski definition) is 3. The zero-order valence-electron chi connectivity index (χ0n) is 13.2. The molecule has 0 bridgehead atoms. The fourth-order valence-electron chi connectivity index (χ4n) is 2.49. The van der Waals surface area contributed by atoms with Gasteiger partial charge in [0.1, 0.15) is 5.75 Å². The van der Waals surface area contributed by atoms with E-state index in [2.05, 4.69) is 32.1 Å². The first kappa shape index (κ1) is 17.6. The van der Waals surface area contributed by atoms with E-state index in [4.69, 9.17) is 4.74 Å². The lowest BCUT2D eigenvalue weighted by atomic mass is 9.96. The largest absolute Gasteiger partial charge is 0.484 e. The van der Waals surface area contributed by atoms with Crippen molar-refractivity contribution in [3.8, 4) is 5.75 Å². The van der Waals surface area contributed by atoms with Crippen molar-refractivity contribution >= 4 is 27.9 Å². The molecule has 0 radical (unpaired) electrons. The summed E-state index contributed by atoms with van der Waals surface area (Å²) in [6, 6.07) is 5.28. The first-order chi connectivity index (χ1) is 11.0. The molecule has 0 aliphatic heterocycles. The molecule has 1 aromatic rings. The second kappa shape index (κ2) is 8.76. The molecule has 23 heavy (non-hydrogen) atoms. The maximum absolute atomic E-state index is 11.7. The van der Waals surface area contributed by atoms with Crippen LogP contribution in [0.2, 0.25) is 0 Å². The van der Waals surface area contributed by atoms with Gasteiger partial charge in [-0.1, -0.05) is 35.2 Å². The van der Waals surface area contributed by atoms with Gasteiger partial charge >= 0.3 is 6.03 Å². The van der Waals surface area contributed by atoms with Crippen molar-refractivity contribution in [1.82, 2.24) is 16.2 Å². The summed E-state index contributed by atoms with van der Waals surface area (Å²) in [5.74, 6) is 0.192. The number of carbonyl (C=O) groups excluding carboxylic acids is 2. The van der Waals surface area contributed by atoms with Gasteiger partial charge in [0.15, 0.2) is 6.61 Å². The predicted octanol–water partition coefficient (Wildman–Crippen LogP) is 2.80. The van der Waals surface area contributed by atoms with Crippen molar-refractivity contribution in [3.05, 3.63) is 28.2 Å². The van der Waals surface area contributed by atoms with E-state index in [1.54, 1.807) is 6.07 Å². The topological polar surface area (TPSA) is 79.5 Å². The molecule has 0 saturated heterocycles. The number of urea groups is 1. The molecule has 6 nitrogen and oxygen atoms in total. The van der Waals surface area contributed by atoms with Gasteiger partial charge in [-0.2, -0.15) is 0 Å². The van der Waals surface area contributed by atoms with Crippen molar-refractivity contribution in [1.29, 1.82) is 0 Å². The number of rotatable bonds is 4. The smallest absolute Gasteiger partial charge is 0.333 e. The number of aryl methyl sites for hydroxylation is 1. The number of halogens is 1. The second-order valence-corrected chi connectivity index (χ2v) is 6.54. The summed E-state index contributed by atoms with van der Waals surface area (Å²) < 4.78 is 6.36. The molecule has 2 rings (SSSR count). The van der Waals surface area contributed by atoms with Crippen LogP contribution in [-0.4, -0.2) is 24.6 Å². The van der Waals surface area contributed by atoms with E-state index in [0.29, 0.717) is 5.75 Å². The maximum Gasteiger partial charge on any atom is 0.333 e. The van der Waals surface area contributed by atoms with E-state index in [9.17, 15) is 9.59 Å². The fourth-order valence-corrected chi connectivity index (χ4v) is 2.73. The van der Waals surface area contributed by atoms with Crippen molar-refractivity contribution in [2.45, 2.75) is 45.1 Å². The number of amides is 3. The molecule has 0 spiro atoms. The van der Waals surface area contributed by atoms with E-state index in [1.807, 2.05) is 19.1 Å². The van der Waals surface area contributed by atoms with Crippen molar-refractivity contribution in [2.24, 2.45) is 0 Å². The Morgan fingerprint density at radius 1 is 1.22 bits per heavy atom. The van der Waals surface area contributed by atoms with Crippen molar-refractivity contribution < 1.29 is 14.3 Å². The maximum atomic E-state index is 11.7. The normalized spacial score (nSPS) is 14.9. The lowest BCUT2D eigenvalue weighted by molar-refractivity contribution is -0.123. The highest BCUT2D eigenvalue weighted by molar-refractivity contribution is 9.10. The third kappa shape index (κ3) is 6.09. The molecule has 0 atom stereocenters. The summed E-state index contributed by atoms with van der Waals surface area (Å²) in [5.41, 5.74) is 5.70. The van der Waals surface area contributed by atoms with Gasteiger partial charge in [0.05, 0.1) is 0 Å². The SMILES string of the molecule is Cc1cc(OCC(=O)NNC(=O)NC2CCCCC2)ccc1Br. The van der Waals surface area contributed by atoms with E-state index in [-0.39, 0.29) is 18.7 Å². The van der Waals surface area contributed by atoms with Crippen LogP contribution >= 0.6 is 15.9 Å². The zero-order valence-corrected chi connectivity index (χ0v) is 14.7. The van der Waals surface area contributed by atoms with Gasteiger partial charge in [-0.05, 0) is 43.5 Å².